The summed E-state index contributed by atoms with van der Waals surface area (Å²) in [6.45, 7) is 3.33. The molecule has 2 fully saturated rings. The molecule has 0 spiro atoms. The van der Waals surface area contributed by atoms with Gasteiger partial charge in [0.15, 0.2) is 0 Å². The molecule has 3 unspecified atom stereocenters. The monoisotopic (exact) mass is 233 g/mol. The maximum absolute atomic E-state index is 9.54. The normalized spacial score (nSPS) is 29.7. The molecule has 1 aliphatic carbocycles. The van der Waals surface area contributed by atoms with Gasteiger partial charge < -0.3 is 10.2 Å². The number of hydrogen-bond acceptors (Lipinski definition) is 3. The van der Waals surface area contributed by atoms with E-state index in [4.69, 9.17) is 0 Å². The molecule has 92 valence electrons. The molecule has 3 heteroatoms. The summed E-state index contributed by atoms with van der Waals surface area (Å²) in [7, 11) is 0. The van der Waals surface area contributed by atoms with Gasteiger partial charge in [0.1, 0.15) is 11.5 Å². The minimum absolute atomic E-state index is 0.149. The highest BCUT2D eigenvalue weighted by molar-refractivity contribution is 5.38. The number of rotatable bonds is 2. The highest BCUT2D eigenvalue weighted by Gasteiger charge is 2.40. The maximum atomic E-state index is 9.54. The zero-order valence-corrected chi connectivity index (χ0v) is 10.1. The first-order valence-electron chi connectivity index (χ1n) is 6.42. The third-order valence-corrected chi connectivity index (χ3v) is 4.36. The van der Waals surface area contributed by atoms with E-state index in [0.717, 1.165) is 11.5 Å². The summed E-state index contributed by atoms with van der Waals surface area (Å²) >= 11 is 0. The Morgan fingerprint density at radius 3 is 2.41 bits per heavy atom. The summed E-state index contributed by atoms with van der Waals surface area (Å²) in [6.07, 6.45) is 4.01. The second kappa shape index (κ2) is 3.91. The molecule has 3 rings (SSSR count). The first-order valence-corrected chi connectivity index (χ1v) is 6.42. The number of likely N-dealkylation sites (tertiary alicyclic amines) is 1. The molecular formula is C14H19NO2. The van der Waals surface area contributed by atoms with Crippen molar-refractivity contribution in [3.05, 3.63) is 23.8 Å². The predicted octanol–water partition coefficient (Wildman–Crippen LogP) is 2.64. The molecule has 3 nitrogen and oxygen atoms in total. The number of benzene rings is 1. The Morgan fingerprint density at radius 1 is 1.18 bits per heavy atom. The molecule has 1 aliphatic heterocycles. The Balaban J connectivity index is 1.83. The molecule has 1 heterocycles. The van der Waals surface area contributed by atoms with E-state index >= 15 is 0 Å². The Hall–Kier alpha value is -1.22. The number of nitrogens with zero attached hydrogens (tertiary/aromatic N) is 1. The van der Waals surface area contributed by atoms with Crippen molar-refractivity contribution in [2.24, 2.45) is 5.92 Å². The zero-order chi connectivity index (χ0) is 12.0. The Morgan fingerprint density at radius 2 is 1.88 bits per heavy atom. The van der Waals surface area contributed by atoms with Crippen LogP contribution in [-0.2, 0) is 0 Å². The topological polar surface area (TPSA) is 43.7 Å². The van der Waals surface area contributed by atoms with Gasteiger partial charge >= 0.3 is 0 Å². The molecule has 0 radical (unpaired) electrons. The highest BCUT2D eigenvalue weighted by Crippen LogP contribution is 2.42. The van der Waals surface area contributed by atoms with E-state index in [0.29, 0.717) is 6.04 Å². The fraction of sp³-hybridized carbons (Fsp3) is 0.571. The maximum Gasteiger partial charge on any atom is 0.119 e. The molecule has 2 bridgehead atoms. The van der Waals surface area contributed by atoms with Crippen molar-refractivity contribution in [1.82, 2.24) is 4.90 Å². The first kappa shape index (κ1) is 10.9. The van der Waals surface area contributed by atoms with E-state index < -0.39 is 0 Å². The summed E-state index contributed by atoms with van der Waals surface area (Å²) in [4.78, 5) is 2.52. The van der Waals surface area contributed by atoms with Crippen molar-refractivity contribution < 1.29 is 10.2 Å². The lowest BCUT2D eigenvalue weighted by Gasteiger charge is -2.33. The molecule has 3 atom stereocenters. The lowest BCUT2D eigenvalue weighted by atomic mass is 10.0. The number of phenolic OH excluding ortho intramolecular Hbond substituents is 2. The van der Waals surface area contributed by atoms with Crippen molar-refractivity contribution in [3.8, 4) is 11.5 Å². The quantitative estimate of drug-likeness (QED) is 0.825. The largest absolute Gasteiger partial charge is 0.508 e. The summed E-state index contributed by atoms with van der Waals surface area (Å²) in [5.41, 5.74) is 1.01. The fourth-order valence-corrected chi connectivity index (χ4v) is 3.49. The highest BCUT2D eigenvalue weighted by atomic mass is 16.3. The van der Waals surface area contributed by atoms with E-state index in [1.807, 2.05) is 0 Å². The van der Waals surface area contributed by atoms with Crippen LogP contribution < -0.4 is 0 Å². The van der Waals surface area contributed by atoms with Gasteiger partial charge in [-0.05, 0) is 49.8 Å². The zero-order valence-electron chi connectivity index (χ0n) is 10.1. The van der Waals surface area contributed by atoms with Crippen molar-refractivity contribution >= 4 is 0 Å². The van der Waals surface area contributed by atoms with Gasteiger partial charge in [-0.3, -0.25) is 4.90 Å². The third-order valence-electron chi connectivity index (χ3n) is 4.36. The minimum Gasteiger partial charge on any atom is -0.508 e. The smallest absolute Gasteiger partial charge is 0.119 e. The lowest BCUT2D eigenvalue weighted by Crippen LogP contribution is -2.34. The van der Waals surface area contributed by atoms with Crippen LogP contribution in [0.2, 0.25) is 0 Å². The van der Waals surface area contributed by atoms with Crippen LogP contribution in [0, 0.1) is 5.92 Å². The van der Waals surface area contributed by atoms with Gasteiger partial charge in [0.2, 0.25) is 0 Å². The van der Waals surface area contributed by atoms with E-state index in [-0.39, 0.29) is 17.5 Å². The van der Waals surface area contributed by atoms with Gasteiger partial charge in [0, 0.05) is 24.7 Å². The Labute approximate surface area is 102 Å². The molecule has 0 amide bonds. The van der Waals surface area contributed by atoms with E-state index in [9.17, 15) is 10.2 Å². The number of fused-ring (bicyclic) bond motifs is 2. The SMILES string of the molecule is CC(c1cc(O)cc(O)c1)N1CC2CCC1C2. The van der Waals surface area contributed by atoms with Crippen molar-refractivity contribution in [3.63, 3.8) is 0 Å². The molecule has 1 saturated carbocycles. The molecule has 17 heavy (non-hydrogen) atoms. The van der Waals surface area contributed by atoms with Crippen molar-refractivity contribution in [2.45, 2.75) is 38.3 Å². The molecule has 1 aromatic rings. The van der Waals surface area contributed by atoms with Gasteiger partial charge in [0.05, 0.1) is 0 Å². The second-order valence-corrected chi connectivity index (χ2v) is 5.49. The van der Waals surface area contributed by atoms with Gasteiger partial charge in [-0.1, -0.05) is 0 Å². The van der Waals surface area contributed by atoms with Crippen LogP contribution in [0.1, 0.15) is 37.8 Å². The van der Waals surface area contributed by atoms with Crippen LogP contribution in [0.15, 0.2) is 18.2 Å². The first-order chi connectivity index (χ1) is 8.13. The average Bonchev–Trinajstić information content (AvgIpc) is 2.88. The van der Waals surface area contributed by atoms with E-state index in [2.05, 4.69) is 11.8 Å². The fourth-order valence-electron chi connectivity index (χ4n) is 3.49. The number of aromatic hydroxyl groups is 2. The minimum atomic E-state index is 0.149. The van der Waals surface area contributed by atoms with Crippen LogP contribution in [0.4, 0.5) is 0 Å². The van der Waals surface area contributed by atoms with Gasteiger partial charge in [-0.25, -0.2) is 0 Å². The second-order valence-electron chi connectivity index (χ2n) is 5.49. The average molecular weight is 233 g/mol. The summed E-state index contributed by atoms with van der Waals surface area (Å²) < 4.78 is 0. The summed E-state index contributed by atoms with van der Waals surface area (Å²) in [5, 5.41) is 19.1. The molecule has 1 saturated heterocycles. The van der Waals surface area contributed by atoms with Crippen molar-refractivity contribution in [2.75, 3.05) is 6.54 Å². The number of phenols is 2. The van der Waals surface area contributed by atoms with Gasteiger partial charge in [-0.15, -0.1) is 0 Å². The van der Waals surface area contributed by atoms with Crippen LogP contribution >= 0.6 is 0 Å². The Bertz CT molecular complexity index is 412. The molecule has 1 aromatic carbocycles. The van der Waals surface area contributed by atoms with Gasteiger partial charge in [-0.2, -0.15) is 0 Å². The standard InChI is InChI=1S/C14H19NO2/c1-9(11-5-13(16)7-14(17)6-11)15-8-10-2-3-12(15)4-10/h5-7,9-10,12,16-17H,2-4,8H2,1H3. The van der Waals surface area contributed by atoms with Crippen LogP contribution in [0.25, 0.3) is 0 Å². The molecule has 0 aromatic heterocycles. The van der Waals surface area contributed by atoms with Crippen LogP contribution in [0.3, 0.4) is 0 Å². The van der Waals surface area contributed by atoms with E-state index in [1.165, 1.54) is 31.9 Å². The summed E-state index contributed by atoms with van der Waals surface area (Å²) in [5.74, 6) is 1.17. The predicted molar refractivity (Wildman–Crippen MR) is 66.0 cm³/mol. The van der Waals surface area contributed by atoms with Crippen LogP contribution in [-0.4, -0.2) is 27.7 Å². The van der Waals surface area contributed by atoms with Crippen molar-refractivity contribution in [1.29, 1.82) is 0 Å². The van der Waals surface area contributed by atoms with Crippen LogP contribution in [0.5, 0.6) is 11.5 Å². The third kappa shape index (κ3) is 1.89. The number of piperidine rings is 1. The van der Waals surface area contributed by atoms with Gasteiger partial charge in [0.25, 0.3) is 0 Å². The summed E-state index contributed by atoms with van der Waals surface area (Å²) in [6, 6.07) is 5.89. The molecular weight excluding hydrogens is 214 g/mol. The van der Waals surface area contributed by atoms with E-state index in [1.54, 1.807) is 12.1 Å². The Kier molecular flexibility index (Phi) is 2.51. The molecule has 2 N–H and O–H groups in total. The lowest BCUT2D eigenvalue weighted by molar-refractivity contribution is 0.159. The number of hydrogen-bond donors (Lipinski definition) is 2. The molecule has 2 aliphatic rings.